The Balaban J connectivity index is 2.92. The van der Waals surface area contributed by atoms with Crippen LogP contribution in [0, 0.1) is 11.3 Å². The van der Waals surface area contributed by atoms with Crippen molar-refractivity contribution in [2.45, 2.75) is 25.4 Å². The first-order chi connectivity index (χ1) is 7.49. The van der Waals surface area contributed by atoms with Crippen LogP contribution in [0.3, 0.4) is 0 Å². The summed E-state index contributed by atoms with van der Waals surface area (Å²) in [5, 5.41) is 9.27. The molecule has 0 spiro atoms. The van der Waals surface area contributed by atoms with Crippen molar-refractivity contribution < 1.29 is 0 Å². The molecule has 3 nitrogen and oxygen atoms in total. The Morgan fingerprint density at radius 3 is 2.38 bits per heavy atom. The minimum Gasteiger partial charge on any atom is -0.309 e. The lowest BCUT2D eigenvalue weighted by Gasteiger charge is -2.30. The van der Waals surface area contributed by atoms with E-state index in [0.717, 1.165) is 5.56 Å². The first kappa shape index (κ1) is 12.7. The highest BCUT2D eigenvalue weighted by molar-refractivity contribution is 5.31. The van der Waals surface area contributed by atoms with Crippen LogP contribution < -0.4 is 5.73 Å². The van der Waals surface area contributed by atoms with Crippen molar-refractivity contribution >= 4 is 0 Å². The molecule has 2 N–H and O–H groups in total. The van der Waals surface area contributed by atoms with Crippen LogP contribution in [-0.4, -0.2) is 24.5 Å². The molecule has 16 heavy (non-hydrogen) atoms. The van der Waals surface area contributed by atoms with Crippen LogP contribution in [0.5, 0.6) is 0 Å². The summed E-state index contributed by atoms with van der Waals surface area (Å²) in [5.74, 6) is 0. The third-order valence-electron chi connectivity index (χ3n) is 2.87. The topological polar surface area (TPSA) is 53.0 Å². The minimum absolute atomic E-state index is 0.375. The average Bonchev–Trinajstić information content (AvgIpc) is 2.29. The van der Waals surface area contributed by atoms with E-state index in [9.17, 15) is 5.26 Å². The van der Waals surface area contributed by atoms with Crippen LogP contribution in [0.15, 0.2) is 30.3 Å². The first-order valence-corrected chi connectivity index (χ1v) is 5.45. The smallest absolute Gasteiger partial charge is 0.142 e. The second-order valence-corrected chi connectivity index (χ2v) is 4.46. The second kappa shape index (κ2) is 5.11. The van der Waals surface area contributed by atoms with E-state index in [1.165, 1.54) is 0 Å². The van der Waals surface area contributed by atoms with Crippen LogP contribution in [-0.2, 0) is 5.54 Å². The maximum absolute atomic E-state index is 9.27. The van der Waals surface area contributed by atoms with Crippen molar-refractivity contribution in [3.8, 4) is 6.07 Å². The van der Waals surface area contributed by atoms with E-state index in [1.54, 1.807) is 0 Å². The number of rotatable bonds is 4. The van der Waals surface area contributed by atoms with E-state index in [4.69, 9.17) is 5.73 Å². The summed E-state index contributed by atoms with van der Waals surface area (Å²) in [6, 6.07) is 12.1. The molecule has 0 bridgehead atoms. The van der Waals surface area contributed by atoms with E-state index in [0.29, 0.717) is 12.6 Å². The van der Waals surface area contributed by atoms with Gasteiger partial charge in [0.2, 0.25) is 0 Å². The molecule has 0 heterocycles. The fraction of sp³-hybridized carbons (Fsp3) is 0.462. The number of hydrogen-bond acceptors (Lipinski definition) is 3. The number of nitrogens with zero attached hydrogens (tertiary/aromatic N) is 2. The summed E-state index contributed by atoms with van der Waals surface area (Å²) in [4.78, 5) is 2.08. The van der Waals surface area contributed by atoms with Gasteiger partial charge >= 0.3 is 0 Å². The molecule has 0 fully saturated rings. The highest BCUT2D eigenvalue weighted by Gasteiger charge is 2.29. The Morgan fingerprint density at radius 2 is 1.94 bits per heavy atom. The molecule has 0 aromatic heterocycles. The minimum atomic E-state index is -0.930. The van der Waals surface area contributed by atoms with Gasteiger partial charge in [-0.3, -0.25) is 0 Å². The van der Waals surface area contributed by atoms with E-state index >= 15 is 0 Å². The predicted molar refractivity (Wildman–Crippen MR) is 65.7 cm³/mol. The zero-order valence-electron chi connectivity index (χ0n) is 10.1. The van der Waals surface area contributed by atoms with Gasteiger partial charge in [0.15, 0.2) is 0 Å². The monoisotopic (exact) mass is 217 g/mol. The molecule has 0 saturated carbocycles. The second-order valence-electron chi connectivity index (χ2n) is 4.46. The van der Waals surface area contributed by atoms with Gasteiger partial charge in [0.25, 0.3) is 0 Å². The summed E-state index contributed by atoms with van der Waals surface area (Å²) in [6.45, 7) is 4.71. The highest BCUT2D eigenvalue weighted by atomic mass is 15.1. The van der Waals surface area contributed by atoms with Gasteiger partial charge in [0, 0.05) is 12.6 Å². The molecule has 1 aromatic carbocycles. The lowest BCUT2D eigenvalue weighted by atomic mass is 9.92. The Kier molecular flexibility index (Phi) is 4.05. The lowest BCUT2D eigenvalue weighted by molar-refractivity contribution is 0.234. The van der Waals surface area contributed by atoms with Crippen LogP contribution in [0.4, 0.5) is 0 Å². The van der Waals surface area contributed by atoms with Crippen molar-refractivity contribution in [1.29, 1.82) is 5.26 Å². The zero-order valence-corrected chi connectivity index (χ0v) is 10.1. The Labute approximate surface area is 97.5 Å². The molecule has 0 radical (unpaired) electrons. The van der Waals surface area contributed by atoms with Crippen molar-refractivity contribution in [2.24, 2.45) is 5.73 Å². The maximum Gasteiger partial charge on any atom is 0.142 e. The number of benzene rings is 1. The first-order valence-electron chi connectivity index (χ1n) is 5.45. The third kappa shape index (κ3) is 2.82. The largest absolute Gasteiger partial charge is 0.309 e. The molecule has 0 aliphatic carbocycles. The molecule has 0 aliphatic heterocycles. The molecular formula is C13H19N3. The normalized spacial score (nSPS) is 14.8. The van der Waals surface area contributed by atoms with E-state index in [1.807, 2.05) is 37.4 Å². The van der Waals surface area contributed by atoms with E-state index in [2.05, 4.69) is 24.8 Å². The van der Waals surface area contributed by atoms with Gasteiger partial charge in [-0.2, -0.15) is 5.26 Å². The van der Waals surface area contributed by atoms with E-state index < -0.39 is 5.54 Å². The standard InChI is InChI=1S/C13H19N3/c1-11(2)16(3)10-13(15,9-14)12-7-5-4-6-8-12/h4-8,11H,10,15H2,1-3H3. The number of hydrogen-bond donors (Lipinski definition) is 1. The van der Waals surface area contributed by atoms with E-state index in [-0.39, 0.29) is 0 Å². The molecule has 0 aliphatic rings. The van der Waals surface area contributed by atoms with Gasteiger partial charge in [-0.15, -0.1) is 0 Å². The molecule has 0 amide bonds. The fourth-order valence-electron chi connectivity index (χ4n) is 1.50. The summed E-state index contributed by atoms with van der Waals surface area (Å²) in [7, 11) is 1.98. The lowest BCUT2D eigenvalue weighted by Crippen LogP contribution is -2.47. The molecule has 1 aromatic rings. The van der Waals surface area contributed by atoms with Gasteiger partial charge in [0.05, 0.1) is 6.07 Å². The molecule has 1 unspecified atom stereocenters. The average molecular weight is 217 g/mol. The van der Waals surface area contributed by atoms with Crippen LogP contribution >= 0.6 is 0 Å². The Bertz CT molecular complexity index is 367. The van der Waals surface area contributed by atoms with Crippen molar-refractivity contribution in [3.63, 3.8) is 0 Å². The van der Waals surface area contributed by atoms with Gasteiger partial charge < -0.3 is 10.6 Å². The summed E-state index contributed by atoms with van der Waals surface area (Å²) < 4.78 is 0. The quantitative estimate of drug-likeness (QED) is 0.835. The van der Waals surface area contributed by atoms with Gasteiger partial charge in [0.1, 0.15) is 5.54 Å². The molecule has 1 atom stereocenters. The summed E-state index contributed by atoms with van der Waals surface area (Å²) in [6.07, 6.45) is 0. The van der Waals surface area contributed by atoms with Crippen LogP contribution in [0.2, 0.25) is 0 Å². The van der Waals surface area contributed by atoms with Crippen molar-refractivity contribution in [3.05, 3.63) is 35.9 Å². The SMILES string of the molecule is CC(C)N(C)CC(N)(C#N)c1ccccc1. The summed E-state index contributed by atoms with van der Waals surface area (Å²) in [5.41, 5.74) is 6.09. The Hall–Kier alpha value is -1.37. The van der Waals surface area contributed by atoms with Crippen molar-refractivity contribution in [2.75, 3.05) is 13.6 Å². The fourth-order valence-corrected chi connectivity index (χ4v) is 1.50. The number of likely N-dealkylation sites (N-methyl/N-ethyl adjacent to an activating group) is 1. The molecular weight excluding hydrogens is 198 g/mol. The third-order valence-corrected chi connectivity index (χ3v) is 2.87. The van der Waals surface area contributed by atoms with Gasteiger partial charge in [-0.05, 0) is 26.5 Å². The molecule has 0 saturated heterocycles. The summed E-state index contributed by atoms with van der Waals surface area (Å²) >= 11 is 0. The maximum atomic E-state index is 9.27. The predicted octanol–water partition coefficient (Wildman–Crippen LogP) is 1.70. The van der Waals surface area contributed by atoms with Gasteiger partial charge in [-0.1, -0.05) is 30.3 Å². The van der Waals surface area contributed by atoms with Crippen molar-refractivity contribution in [1.82, 2.24) is 4.90 Å². The van der Waals surface area contributed by atoms with Crippen LogP contribution in [0.1, 0.15) is 19.4 Å². The zero-order chi connectivity index (χ0) is 12.2. The highest BCUT2D eigenvalue weighted by Crippen LogP contribution is 2.18. The van der Waals surface area contributed by atoms with Crippen LogP contribution in [0.25, 0.3) is 0 Å². The molecule has 1 rings (SSSR count). The number of nitrogens with two attached hydrogens (primary N) is 1. The molecule has 3 heteroatoms. The molecule has 86 valence electrons. The number of nitriles is 1. The Morgan fingerprint density at radius 1 is 1.38 bits per heavy atom. The van der Waals surface area contributed by atoms with Gasteiger partial charge in [-0.25, -0.2) is 0 Å².